The number of hydrogen-bond donors (Lipinski definition) is 0. The lowest BCUT2D eigenvalue weighted by Gasteiger charge is -2.22. The van der Waals surface area contributed by atoms with Crippen molar-refractivity contribution < 1.29 is 13.2 Å². The summed E-state index contributed by atoms with van der Waals surface area (Å²) in [4.78, 5) is 0. The molecule has 8 aromatic rings. The summed E-state index contributed by atoms with van der Waals surface area (Å²) in [7, 11) is 0. The van der Waals surface area contributed by atoms with Crippen molar-refractivity contribution in [3.63, 3.8) is 0 Å². The van der Waals surface area contributed by atoms with Crippen molar-refractivity contribution in [2.45, 2.75) is 111 Å². The fourth-order valence-corrected chi connectivity index (χ4v) is 8.65. The van der Waals surface area contributed by atoms with Gasteiger partial charge in [0.1, 0.15) is 6.07 Å². The van der Waals surface area contributed by atoms with Gasteiger partial charge in [0, 0.05) is 27.1 Å². The minimum atomic E-state index is -4.63. The van der Waals surface area contributed by atoms with Crippen LogP contribution in [0.15, 0.2) is 109 Å². The third-order valence-electron chi connectivity index (χ3n) is 12.2. The molecule has 0 aliphatic carbocycles. The highest BCUT2D eigenvalue weighted by atomic mass is 19.4. The van der Waals surface area contributed by atoms with Crippen molar-refractivity contribution in [3.05, 3.63) is 143 Å². The van der Waals surface area contributed by atoms with E-state index in [9.17, 15) is 5.26 Å². The van der Waals surface area contributed by atoms with Gasteiger partial charge in [-0.15, -0.1) is 0 Å². The van der Waals surface area contributed by atoms with E-state index in [2.05, 4.69) is 171 Å². The molecule has 0 aliphatic rings. The van der Waals surface area contributed by atoms with Gasteiger partial charge >= 0.3 is 6.18 Å². The normalized spacial score (nSPS) is 13.2. The number of nitrogens with zero attached hydrogens (tertiary/aromatic N) is 3. The number of benzene rings is 6. The molecule has 0 fully saturated rings. The smallest absolute Gasteiger partial charge is 0.309 e. The lowest BCUT2D eigenvalue weighted by atomic mass is 9.85. The molecule has 0 saturated carbocycles. The maximum absolute atomic E-state index is 15.2. The van der Waals surface area contributed by atoms with Gasteiger partial charge < -0.3 is 9.13 Å². The molecule has 2 aromatic heterocycles. The van der Waals surface area contributed by atoms with Crippen LogP contribution in [0.4, 0.5) is 13.2 Å². The van der Waals surface area contributed by atoms with Crippen molar-refractivity contribution in [2.24, 2.45) is 0 Å². The van der Waals surface area contributed by atoms with Gasteiger partial charge in [0.05, 0.1) is 44.6 Å². The number of aromatic nitrogens is 2. The Morgan fingerprint density at radius 3 is 1.10 bits per heavy atom. The highest BCUT2D eigenvalue weighted by Crippen LogP contribution is 2.46. The topological polar surface area (TPSA) is 33.6 Å². The van der Waals surface area contributed by atoms with E-state index in [0.717, 1.165) is 60.8 Å². The predicted octanol–water partition coefficient (Wildman–Crippen LogP) is 15.6. The van der Waals surface area contributed by atoms with Gasteiger partial charge in [-0.1, -0.05) is 126 Å². The van der Waals surface area contributed by atoms with Crippen molar-refractivity contribution in [3.8, 4) is 28.6 Å². The maximum atomic E-state index is 15.2. The first kappa shape index (κ1) is 41.0. The van der Waals surface area contributed by atoms with Gasteiger partial charge in [-0.2, -0.15) is 18.4 Å². The van der Waals surface area contributed by atoms with Crippen molar-refractivity contribution in [1.82, 2.24) is 9.13 Å². The summed E-state index contributed by atoms with van der Waals surface area (Å²) in [5.74, 6) is 0. The number of rotatable bonds is 3. The zero-order valence-electron chi connectivity index (χ0n) is 36.9. The van der Waals surface area contributed by atoms with E-state index in [0.29, 0.717) is 22.5 Å². The van der Waals surface area contributed by atoms with Crippen LogP contribution in [0.5, 0.6) is 0 Å². The standard InChI is InChI=1S/C54H54F3N3/c1-50(2,3)33-17-21-44-38(26-33)39-27-34(51(4,5)6)18-22-45(39)59(44)48-30-42(37-15-13-14-16-43(37)54(55,56)57)49(25-32(48)31-58)60-46-23-19-35(52(7,8)9)28-40(46)41-29-36(53(10,11)12)20-24-47(41)60/h13-30H,1-12H3. The molecule has 0 N–H and O–H groups in total. The number of alkyl halides is 3. The Hall–Kier alpha value is -5.80. The summed E-state index contributed by atoms with van der Waals surface area (Å²) in [5.41, 5.74) is 8.65. The second-order valence-corrected chi connectivity index (χ2v) is 20.6. The number of halogens is 3. The van der Waals surface area contributed by atoms with E-state index in [4.69, 9.17) is 0 Å². The van der Waals surface area contributed by atoms with E-state index < -0.39 is 11.7 Å². The summed E-state index contributed by atoms with van der Waals surface area (Å²) in [6, 6.07) is 37.7. The molecule has 0 aliphatic heterocycles. The van der Waals surface area contributed by atoms with Crippen molar-refractivity contribution in [1.29, 1.82) is 5.26 Å². The molecule has 2 heterocycles. The third kappa shape index (κ3) is 6.86. The fraction of sp³-hybridized carbons (Fsp3) is 0.315. The van der Waals surface area contributed by atoms with E-state index in [1.807, 2.05) is 6.07 Å². The Morgan fingerprint density at radius 2 is 0.767 bits per heavy atom. The summed E-state index contributed by atoms with van der Waals surface area (Å²) in [6.07, 6.45) is -4.63. The van der Waals surface area contributed by atoms with Crippen LogP contribution in [-0.4, -0.2) is 9.13 Å². The Balaban J connectivity index is 1.55. The molecule has 6 heteroatoms. The molecule has 0 bridgehead atoms. The molecule has 0 amide bonds. The average Bonchev–Trinajstić information content (AvgIpc) is 3.67. The van der Waals surface area contributed by atoms with Gasteiger partial charge in [-0.05, 0) is 116 Å². The zero-order chi connectivity index (χ0) is 43.5. The van der Waals surface area contributed by atoms with Crippen LogP contribution < -0.4 is 0 Å². The van der Waals surface area contributed by atoms with Crippen LogP contribution >= 0.6 is 0 Å². The van der Waals surface area contributed by atoms with Crippen LogP contribution in [0.1, 0.15) is 116 Å². The van der Waals surface area contributed by atoms with Crippen molar-refractivity contribution in [2.75, 3.05) is 0 Å². The van der Waals surface area contributed by atoms with Gasteiger partial charge in [0.15, 0.2) is 0 Å². The van der Waals surface area contributed by atoms with E-state index in [-0.39, 0.29) is 27.2 Å². The maximum Gasteiger partial charge on any atom is 0.417 e. The highest BCUT2D eigenvalue weighted by molar-refractivity contribution is 6.12. The van der Waals surface area contributed by atoms with E-state index >= 15 is 13.2 Å². The van der Waals surface area contributed by atoms with Crippen LogP contribution in [0, 0.1) is 11.3 Å². The molecule has 0 saturated heterocycles. The molecule has 306 valence electrons. The monoisotopic (exact) mass is 801 g/mol. The number of fused-ring (bicyclic) bond motifs is 6. The predicted molar refractivity (Wildman–Crippen MR) is 245 cm³/mol. The van der Waals surface area contributed by atoms with Gasteiger partial charge in [-0.3, -0.25) is 0 Å². The van der Waals surface area contributed by atoms with Gasteiger partial charge in [0.2, 0.25) is 0 Å². The fourth-order valence-electron chi connectivity index (χ4n) is 8.65. The summed E-state index contributed by atoms with van der Waals surface area (Å²) in [6.45, 7) is 26.2. The quantitative estimate of drug-likeness (QED) is 0.175. The largest absolute Gasteiger partial charge is 0.417 e. The molecule has 0 radical (unpaired) electrons. The number of nitriles is 1. The molecule has 60 heavy (non-hydrogen) atoms. The first-order valence-corrected chi connectivity index (χ1v) is 20.8. The second-order valence-electron chi connectivity index (χ2n) is 20.6. The highest BCUT2D eigenvalue weighted by Gasteiger charge is 2.35. The summed E-state index contributed by atoms with van der Waals surface area (Å²) in [5, 5.41) is 15.2. The zero-order valence-corrected chi connectivity index (χ0v) is 36.9. The van der Waals surface area contributed by atoms with Crippen molar-refractivity contribution >= 4 is 43.6 Å². The lowest BCUT2D eigenvalue weighted by molar-refractivity contribution is -0.137. The van der Waals surface area contributed by atoms with Crippen LogP contribution in [0.3, 0.4) is 0 Å². The Morgan fingerprint density at radius 1 is 0.417 bits per heavy atom. The summed E-state index contributed by atoms with van der Waals surface area (Å²) < 4.78 is 49.6. The molecule has 3 nitrogen and oxygen atoms in total. The van der Waals surface area contributed by atoms with Crippen LogP contribution in [0.25, 0.3) is 66.1 Å². The molecular formula is C54H54F3N3. The number of hydrogen-bond acceptors (Lipinski definition) is 1. The lowest BCUT2D eigenvalue weighted by Crippen LogP contribution is -2.11. The van der Waals surface area contributed by atoms with Gasteiger partial charge in [0.25, 0.3) is 0 Å². The minimum absolute atomic E-state index is 0.0455. The molecular weight excluding hydrogens is 748 g/mol. The first-order valence-electron chi connectivity index (χ1n) is 20.8. The molecule has 8 rings (SSSR count). The van der Waals surface area contributed by atoms with Gasteiger partial charge in [-0.25, -0.2) is 0 Å². The first-order chi connectivity index (χ1) is 27.9. The van der Waals surface area contributed by atoms with E-state index in [1.54, 1.807) is 18.2 Å². The Kier molecular flexibility index (Phi) is 9.29. The average molecular weight is 802 g/mol. The van der Waals surface area contributed by atoms with Crippen LogP contribution in [-0.2, 0) is 27.8 Å². The molecule has 0 unspecified atom stereocenters. The molecule has 6 aromatic carbocycles. The minimum Gasteiger partial charge on any atom is -0.309 e. The Labute approximate surface area is 352 Å². The van der Waals surface area contributed by atoms with Crippen LogP contribution in [0.2, 0.25) is 0 Å². The second kappa shape index (κ2) is 13.6. The SMILES string of the molecule is CC(C)(C)c1ccc2c(c1)c1cc(C(C)(C)C)ccc1n2-c1cc(-c2ccccc2C(F)(F)F)c(-n2c3ccc(C(C)(C)C)cc3c3cc(C(C)(C)C)ccc32)cc1C#N. The molecule has 0 atom stereocenters. The Bertz CT molecular complexity index is 2920. The molecule has 0 spiro atoms. The summed E-state index contributed by atoms with van der Waals surface area (Å²) >= 11 is 0. The third-order valence-corrected chi connectivity index (χ3v) is 12.2. The van der Waals surface area contributed by atoms with E-state index in [1.165, 1.54) is 17.2 Å².